The van der Waals surface area contributed by atoms with Gasteiger partial charge in [-0.2, -0.15) is 0 Å². The lowest BCUT2D eigenvalue weighted by molar-refractivity contribution is -0.149. The molecule has 0 radical (unpaired) electrons. The van der Waals surface area contributed by atoms with Gasteiger partial charge in [-0.15, -0.1) is 0 Å². The van der Waals surface area contributed by atoms with Crippen LogP contribution >= 0.6 is 0 Å². The first kappa shape index (κ1) is 27.1. The van der Waals surface area contributed by atoms with Crippen LogP contribution < -0.4 is 11.1 Å². The monoisotopic (exact) mass is 522 g/mol. The lowest BCUT2D eigenvalue weighted by Gasteiger charge is -2.30. The van der Waals surface area contributed by atoms with Crippen molar-refractivity contribution >= 4 is 23.7 Å². The molecule has 10 heteroatoms. The highest BCUT2D eigenvalue weighted by atomic mass is 16.4. The summed E-state index contributed by atoms with van der Waals surface area (Å²) in [6.45, 7) is 0.696. The largest absolute Gasteiger partial charge is 0.508 e. The number of rotatable bonds is 9. The van der Waals surface area contributed by atoms with E-state index in [9.17, 15) is 29.4 Å². The SMILES string of the molecule is N[C@@H](Cc1ccc(O)cc1)C(=O)N1CCC[C@H]1C(=O)N[C@@H](Cc1ccccc1)C(=O)N1CCC[C@@H]1C(=O)O. The number of phenolic OH excluding ortho intramolecular Hbond substituents is 1. The number of hydrogen-bond donors (Lipinski definition) is 4. The summed E-state index contributed by atoms with van der Waals surface area (Å²) in [7, 11) is 0. The summed E-state index contributed by atoms with van der Waals surface area (Å²) < 4.78 is 0. The second kappa shape index (κ2) is 12.1. The van der Waals surface area contributed by atoms with E-state index >= 15 is 0 Å². The maximum absolute atomic E-state index is 13.5. The molecule has 0 aliphatic carbocycles. The minimum Gasteiger partial charge on any atom is -0.508 e. The molecule has 0 bridgehead atoms. The number of aliphatic carboxylic acids is 1. The molecule has 2 fully saturated rings. The third kappa shape index (κ3) is 6.31. The van der Waals surface area contributed by atoms with Gasteiger partial charge in [0.1, 0.15) is 23.9 Å². The van der Waals surface area contributed by atoms with E-state index in [2.05, 4.69) is 5.32 Å². The van der Waals surface area contributed by atoms with Crippen molar-refractivity contribution in [2.75, 3.05) is 13.1 Å². The minimum atomic E-state index is -1.06. The number of benzene rings is 2. The van der Waals surface area contributed by atoms with E-state index in [0.717, 1.165) is 11.1 Å². The highest BCUT2D eigenvalue weighted by Crippen LogP contribution is 2.22. The van der Waals surface area contributed by atoms with E-state index in [4.69, 9.17) is 5.73 Å². The van der Waals surface area contributed by atoms with E-state index in [1.807, 2.05) is 30.3 Å². The molecule has 10 nitrogen and oxygen atoms in total. The lowest BCUT2D eigenvalue weighted by Crippen LogP contribution is -2.57. The highest BCUT2D eigenvalue weighted by molar-refractivity contribution is 5.94. The fraction of sp³-hybridized carbons (Fsp3) is 0.429. The number of carboxylic acid groups (broad SMARTS) is 1. The number of carboxylic acids is 1. The molecule has 2 aromatic rings. The summed E-state index contributed by atoms with van der Waals surface area (Å²) in [5.74, 6) is -2.18. The molecule has 2 aliphatic rings. The third-order valence-electron chi connectivity index (χ3n) is 7.27. The van der Waals surface area contributed by atoms with Gasteiger partial charge in [-0.1, -0.05) is 42.5 Å². The number of aromatic hydroxyl groups is 1. The molecule has 4 rings (SSSR count). The molecule has 2 saturated heterocycles. The Morgan fingerprint density at radius 3 is 2.05 bits per heavy atom. The van der Waals surface area contributed by atoms with Gasteiger partial charge in [0.2, 0.25) is 17.7 Å². The lowest BCUT2D eigenvalue weighted by atomic mass is 10.0. The van der Waals surface area contributed by atoms with Gasteiger partial charge in [0.15, 0.2) is 0 Å². The van der Waals surface area contributed by atoms with Crippen LogP contribution in [0.4, 0.5) is 0 Å². The second-order valence-electron chi connectivity index (χ2n) is 9.95. The zero-order chi connectivity index (χ0) is 27.2. The van der Waals surface area contributed by atoms with Crippen LogP contribution in [0.25, 0.3) is 0 Å². The number of nitrogens with two attached hydrogens (primary N) is 1. The summed E-state index contributed by atoms with van der Waals surface area (Å²) in [5.41, 5.74) is 7.82. The average molecular weight is 523 g/mol. The summed E-state index contributed by atoms with van der Waals surface area (Å²) in [6, 6.07) is 12.1. The van der Waals surface area contributed by atoms with Crippen LogP contribution in [0.15, 0.2) is 54.6 Å². The fourth-order valence-corrected chi connectivity index (χ4v) is 5.29. The molecule has 3 amide bonds. The predicted octanol–water partition coefficient (Wildman–Crippen LogP) is 1.06. The van der Waals surface area contributed by atoms with Crippen LogP contribution in [0, 0.1) is 0 Å². The van der Waals surface area contributed by atoms with Gasteiger partial charge in [-0.25, -0.2) is 4.79 Å². The van der Waals surface area contributed by atoms with Crippen LogP contribution in [0.1, 0.15) is 36.8 Å². The molecular formula is C28H34N4O6. The minimum absolute atomic E-state index is 0.119. The second-order valence-corrected chi connectivity index (χ2v) is 9.95. The Bertz CT molecular complexity index is 1160. The summed E-state index contributed by atoms with van der Waals surface area (Å²) >= 11 is 0. The zero-order valence-electron chi connectivity index (χ0n) is 21.2. The molecule has 0 saturated carbocycles. The molecule has 202 valence electrons. The van der Waals surface area contributed by atoms with Crippen molar-refractivity contribution in [1.29, 1.82) is 0 Å². The molecule has 0 aromatic heterocycles. The zero-order valence-corrected chi connectivity index (χ0v) is 21.2. The maximum Gasteiger partial charge on any atom is 0.326 e. The number of nitrogens with one attached hydrogen (secondary N) is 1. The van der Waals surface area contributed by atoms with E-state index in [0.29, 0.717) is 38.8 Å². The van der Waals surface area contributed by atoms with Gasteiger partial charge in [0, 0.05) is 19.5 Å². The molecule has 0 spiro atoms. The van der Waals surface area contributed by atoms with Gasteiger partial charge < -0.3 is 31.1 Å². The topological polar surface area (TPSA) is 153 Å². The Kier molecular flexibility index (Phi) is 8.62. The van der Waals surface area contributed by atoms with E-state index in [-0.39, 0.29) is 24.5 Å². The van der Waals surface area contributed by atoms with Gasteiger partial charge in [0.05, 0.1) is 6.04 Å². The van der Waals surface area contributed by atoms with E-state index < -0.39 is 42.0 Å². The molecular weight excluding hydrogens is 488 g/mol. The van der Waals surface area contributed by atoms with Crippen molar-refractivity contribution in [3.63, 3.8) is 0 Å². The van der Waals surface area contributed by atoms with Crippen LogP contribution in [0.2, 0.25) is 0 Å². The molecule has 5 N–H and O–H groups in total. The van der Waals surface area contributed by atoms with Crippen LogP contribution in [0.5, 0.6) is 5.75 Å². The third-order valence-corrected chi connectivity index (χ3v) is 7.27. The number of hydrogen-bond acceptors (Lipinski definition) is 6. The quantitative estimate of drug-likeness (QED) is 0.384. The van der Waals surface area contributed by atoms with Crippen LogP contribution in [-0.4, -0.2) is 81.0 Å². The van der Waals surface area contributed by atoms with Crippen molar-refractivity contribution in [1.82, 2.24) is 15.1 Å². The van der Waals surface area contributed by atoms with Crippen molar-refractivity contribution in [2.24, 2.45) is 5.73 Å². The highest BCUT2D eigenvalue weighted by Gasteiger charge is 2.41. The van der Waals surface area contributed by atoms with Crippen molar-refractivity contribution in [3.8, 4) is 5.75 Å². The summed E-state index contributed by atoms with van der Waals surface area (Å²) in [5, 5.41) is 21.9. The molecule has 2 aliphatic heterocycles. The number of carbonyl (C=O) groups excluding carboxylic acids is 3. The first-order valence-corrected chi connectivity index (χ1v) is 13.0. The van der Waals surface area contributed by atoms with Crippen LogP contribution in [0.3, 0.4) is 0 Å². The van der Waals surface area contributed by atoms with Crippen molar-refractivity contribution in [3.05, 3.63) is 65.7 Å². The van der Waals surface area contributed by atoms with Crippen molar-refractivity contribution in [2.45, 2.75) is 62.7 Å². The number of amides is 3. The molecule has 2 heterocycles. The first-order valence-electron chi connectivity index (χ1n) is 13.0. The fourth-order valence-electron chi connectivity index (χ4n) is 5.29. The normalized spacial score (nSPS) is 20.7. The van der Waals surface area contributed by atoms with Crippen LogP contribution in [-0.2, 0) is 32.0 Å². The standard InChI is InChI=1S/C28H34N4O6/c29-21(16-19-10-12-20(33)13-11-19)26(35)31-14-4-8-23(31)25(34)30-22(17-18-6-2-1-3-7-18)27(36)32-15-5-9-24(32)28(37)38/h1-3,6-7,10-13,21-24,33H,4-5,8-9,14-17,29H2,(H,30,34)(H,37,38)/t21-,22-,23-,24+/m0/s1. The van der Waals surface area contributed by atoms with Gasteiger partial charge in [0.25, 0.3) is 0 Å². The van der Waals surface area contributed by atoms with Crippen molar-refractivity contribution < 1.29 is 29.4 Å². The molecule has 2 aromatic carbocycles. The Labute approximate surface area is 221 Å². The van der Waals surface area contributed by atoms with E-state index in [1.165, 1.54) is 21.9 Å². The Morgan fingerprint density at radius 1 is 0.842 bits per heavy atom. The first-order chi connectivity index (χ1) is 18.2. The number of likely N-dealkylation sites (tertiary alicyclic amines) is 2. The Morgan fingerprint density at radius 2 is 1.42 bits per heavy atom. The van der Waals surface area contributed by atoms with Gasteiger partial charge >= 0.3 is 5.97 Å². The Hall–Kier alpha value is -3.92. The molecule has 38 heavy (non-hydrogen) atoms. The van der Waals surface area contributed by atoms with Gasteiger partial charge in [-0.05, 0) is 55.4 Å². The number of phenols is 1. The van der Waals surface area contributed by atoms with E-state index in [1.54, 1.807) is 12.1 Å². The number of nitrogens with zero attached hydrogens (tertiary/aromatic N) is 2. The molecule has 0 unspecified atom stereocenters. The Balaban J connectivity index is 1.47. The predicted molar refractivity (Wildman–Crippen MR) is 139 cm³/mol. The smallest absolute Gasteiger partial charge is 0.326 e. The van der Waals surface area contributed by atoms with Gasteiger partial charge in [-0.3, -0.25) is 14.4 Å². The summed E-state index contributed by atoms with van der Waals surface area (Å²) in [6.07, 6.45) is 2.48. The number of carbonyl (C=O) groups is 4. The maximum atomic E-state index is 13.5. The summed E-state index contributed by atoms with van der Waals surface area (Å²) in [4.78, 5) is 54.7. The average Bonchev–Trinajstić information content (AvgIpc) is 3.60. The molecule has 4 atom stereocenters.